The van der Waals surface area contributed by atoms with E-state index >= 15 is 0 Å². The summed E-state index contributed by atoms with van der Waals surface area (Å²) in [6, 6.07) is 17.4. The van der Waals surface area contributed by atoms with Gasteiger partial charge in [0.1, 0.15) is 0 Å². The van der Waals surface area contributed by atoms with Crippen LogP contribution in [0.1, 0.15) is 36.1 Å². The van der Waals surface area contributed by atoms with Gasteiger partial charge in [0.05, 0.1) is 0 Å². The summed E-state index contributed by atoms with van der Waals surface area (Å²) >= 11 is -0.826. The van der Waals surface area contributed by atoms with Gasteiger partial charge in [-0.3, -0.25) is 0 Å². The minimum atomic E-state index is -0.826. The van der Waals surface area contributed by atoms with Crippen molar-refractivity contribution in [2.45, 2.75) is 27.7 Å². The summed E-state index contributed by atoms with van der Waals surface area (Å²) in [5.74, 6) is 10.8. The van der Waals surface area contributed by atoms with Crippen molar-refractivity contribution in [1.29, 1.82) is 0 Å². The zero-order valence-corrected chi connectivity index (χ0v) is 28.3. The van der Waals surface area contributed by atoms with Gasteiger partial charge in [-0.1, -0.05) is 123 Å². The van der Waals surface area contributed by atoms with Crippen LogP contribution in [0.25, 0.3) is 11.1 Å². The van der Waals surface area contributed by atoms with Gasteiger partial charge in [-0.15, -0.1) is 0 Å². The summed E-state index contributed by atoms with van der Waals surface area (Å²) in [5.41, 5.74) is 7.56. The summed E-state index contributed by atoms with van der Waals surface area (Å²) in [4.78, 5) is 0. The number of allylic oxidation sites excluding steroid dienone is 12. The van der Waals surface area contributed by atoms with Crippen molar-refractivity contribution in [1.82, 2.24) is 0 Å². The van der Waals surface area contributed by atoms with Crippen molar-refractivity contribution in [2.24, 2.45) is 5.41 Å². The second-order valence-corrected chi connectivity index (χ2v) is 15.3. The van der Waals surface area contributed by atoms with Gasteiger partial charge in [0.2, 0.25) is 0 Å². The molecule has 0 nitrogen and oxygen atoms in total. The molecular weight excluding hydrogens is 631 g/mol. The van der Waals surface area contributed by atoms with E-state index in [-0.39, 0.29) is 5.41 Å². The van der Waals surface area contributed by atoms with Crippen LogP contribution >= 0.6 is 17.0 Å². The number of hydrogen-bond donors (Lipinski definition) is 0. The average molecular weight is 663 g/mol. The molecular formula is C39H32Cl2Zr+2. The third kappa shape index (κ3) is 5.53. The van der Waals surface area contributed by atoms with E-state index < -0.39 is 20.8 Å². The standard InChI is InChI=1S/C39H32.2ClH.Zr/c1-25-11-5-8-14-30(25)28-17-20-33-34-21-18-29(31-15-9-6-12-26(31)2)24-36(34)38(35(33)23-28)39(3,4)37-22-19-27-13-7-10-16-32(27)37;;;/h5-24H,1-4H3;2*1H;/q;;;+4/p-2. The minimum absolute atomic E-state index is 0.197. The monoisotopic (exact) mass is 660 g/mol. The molecule has 0 unspecified atom stereocenters. The molecule has 0 saturated heterocycles. The van der Waals surface area contributed by atoms with E-state index in [1.165, 1.54) is 80.7 Å². The molecule has 2 aromatic carbocycles. The molecule has 0 spiro atoms. The van der Waals surface area contributed by atoms with Crippen LogP contribution in [-0.4, -0.2) is 0 Å². The molecule has 0 atom stereocenters. The fourth-order valence-electron chi connectivity index (χ4n) is 6.75. The molecule has 10 radical (unpaired) electrons. The molecule has 0 heterocycles. The van der Waals surface area contributed by atoms with Gasteiger partial charge < -0.3 is 0 Å². The third-order valence-corrected chi connectivity index (χ3v) is 8.76. The van der Waals surface area contributed by atoms with Crippen molar-refractivity contribution in [3.63, 3.8) is 0 Å². The Kier molecular flexibility index (Phi) is 9.22. The molecule has 3 heteroatoms. The molecule has 2 saturated carbocycles. The Hall–Kier alpha value is -1.66. The molecule has 0 N–H and O–H groups in total. The van der Waals surface area contributed by atoms with E-state index in [1.54, 1.807) is 0 Å². The average Bonchev–Trinajstić information content (AvgIpc) is 3.57. The van der Waals surface area contributed by atoms with Gasteiger partial charge in [-0.25, -0.2) is 0 Å². The first-order chi connectivity index (χ1) is 20.3. The van der Waals surface area contributed by atoms with Crippen LogP contribution < -0.4 is 0 Å². The zero-order chi connectivity index (χ0) is 29.4. The van der Waals surface area contributed by atoms with E-state index in [9.17, 15) is 0 Å². The predicted octanol–water partition coefficient (Wildman–Crippen LogP) is 10.5. The number of hydrogen-bond acceptors (Lipinski definition) is 0. The van der Waals surface area contributed by atoms with Crippen molar-refractivity contribution in [2.75, 3.05) is 0 Å². The van der Waals surface area contributed by atoms with Crippen LogP contribution in [0, 0.1) is 79.4 Å². The first-order valence-electron chi connectivity index (χ1n) is 14.2. The van der Waals surface area contributed by atoms with Gasteiger partial charge in [0, 0.05) is 41.4 Å². The number of benzene rings is 2. The van der Waals surface area contributed by atoms with Gasteiger partial charge in [-0.2, -0.15) is 0 Å². The zero-order valence-electron chi connectivity index (χ0n) is 24.3. The van der Waals surface area contributed by atoms with Crippen LogP contribution in [0.3, 0.4) is 0 Å². The molecule has 5 aliphatic rings. The molecule has 0 amide bonds. The molecule has 0 bridgehead atoms. The van der Waals surface area contributed by atoms with E-state index in [4.69, 9.17) is 17.0 Å². The molecule has 0 aromatic heterocycles. The van der Waals surface area contributed by atoms with Crippen molar-refractivity contribution in [3.05, 3.63) is 192 Å². The number of aryl methyl sites for hydroxylation is 2. The molecule has 0 aliphatic heterocycles. The molecule has 5 aliphatic carbocycles. The summed E-state index contributed by atoms with van der Waals surface area (Å²) in [7, 11) is 9.87. The molecule has 42 heavy (non-hydrogen) atoms. The van der Waals surface area contributed by atoms with Gasteiger partial charge in [0.25, 0.3) is 0 Å². The molecule has 2 fully saturated rings. The summed E-state index contributed by atoms with van der Waals surface area (Å²) in [6.45, 7) is 9.22. The summed E-state index contributed by atoms with van der Waals surface area (Å²) in [5, 5.41) is 0. The summed E-state index contributed by atoms with van der Waals surface area (Å²) < 4.78 is 0. The van der Waals surface area contributed by atoms with Crippen LogP contribution in [0.5, 0.6) is 0 Å². The van der Waals surface area contributed by atoms with Crippen molar-refractivity contribution >= 4 is 28.2 Å². The quantitative estimate of drug-likeness (QED) is 0.306. The topological polar surface area (TPSA) is 0 Å². The van der Waals surface area contributed by atoms with Gasteiger partial charge in [0.15, 0.2) is 0 Å². The van der Waals surface area contributed by atoms with Crippen LogP contribution in [0.4, 0.5) is 0 Å². The SMILES string of the molecule is Cc1ccccc1C1=C[C]2[C](C=C1)[C]1C=CC(c3ccccc3C)=C[C]1[C]2C(C)(C)[C]1[CH][CH][C]2C=CC=C[C]21.[Cl][Zr+2][Cl]. The first-order valence-corrected chi connectivity index (χ1v) is 20.6. The Labute approximate surface area is 272 Å². The molecule has 7 rings (SSSR count). The summed E-state index contributed by atoms with van der Waals surface area (Å²) in [6.07, 6.45) is 27.6. The van der Waals surface area contributed by atoms with E-state index in [0.29, 0.717) is 0 Å². The fraction of sp³-hybridized carbons (Fsp3) is 0.128. The van der Waals surface area contributed by atoms with Crippen LogP contribution in [0.2, 0.25) is 0 Å². The maximum atomic E-state index is 4.93. The number of fused-ring (bicyclic) bond motifs is 4. The van der Waals surface area contributed by atoms with Crippen LogP contribution in [-0.2, 0) is 20.8 Å². The number of halogens is 2. The van der Waals surface area contributed by atoms with Gasteiger partial charge >= 0.3 is 37.9 Å². The second-order valence-electron chi connectivity index (χ2n) is 11.6. The molecule has 204 valence electrons. The third-order valence-electron chi connectivity index (χ3n) is 8.76. The van der Waals surface area contributed by atoms with E-state index in [0.717, 1.165) is 0 Å². The normalized spacial score (nSPS) is 21.9. The Bertz CT molecular complexity index is 1400. The van der Waals surface area contributed by atoms with Crippen molar-refractivity contribution < 1.29 is 20.8 Å². The van der Waals surface area contributed by atoms with E-state index in [1.807, 2.05) is 0 Å². The predicted molar refractivity (Wildman–Crippen MR) is 175 cm³/mol. The Balaban J connectivity index is 0.00000101. The molecule has 2 aromatic rings. The first kappa shape index (κ1) is 30.4. The second kappa shape index (κ2) is 12.8. The van der Waals surface area contributed by atoms with E-state index in [2.05, 4.69) is 150 Å². The van der Waals surface area contributed by atoms with Crippen LogP contribution in [0.15, 0.2) is 109 Å². The van der Waals surface area contributed by atoms with Gasteiger partial charge in [-0.05, 0) is 71.4 Å². The Morgan fingerprint density at radius 1 is 0.571 bits per heavy atom. The Morgan fingerprint density at radius 2 is 1.07 bits per heavy atom. The fourth-order valence-corrected chi connectivity index (χ4v) is 6.75. The number of rotatable bonds is 4. The Morgan fingerprint density at radius 3 is 1.60 bits per heavy atom. The van der Waals surface area contributed by atoms with Crippen molar-refractivity contribution in [3.8, 4) is 0 Å². The maximum absolute atomic E-state index is 4.93.